The van der Waals surface area contributed by atoms with Crippen LogP contribution in [0.1, 0.15) is 42.9 Å². The maximum atomic E-state index is 12.6. The number of carbonyl (C=O) groups is 2. The van der Waals surface area contributed by atoms with Gasteiger partial charge in [0.2, 0.25) is 11.8 Å². The molecule has 1 fully saturated rings. The Morgan fingerprint density at radius 2 is 1.63 bits per heavy atom. The average molecular weight is 409 g/mol. The lowest BCUT2D eigenvalue weighted by Crippen LogP contribution is -2.47. The van der Waals surface area contributed by atoms with Gasteiger partial charge in [0.25, 0.3) is 0 Å². The summed E-state index contributed by atoms with van der Waals surface area (Å²) in [5.41, 5.74) is 3.41. The molecular weight excluding hydrogens is 376 g/mol. The van der Waals surface area contributed by atoms with Gasteiger partial charge >= 0.3 is 0 Å². The molecule has 2 aromatic rings. The van der Waals surface area contributed by atoms with Crippen molar-refractivity contribution >= 4 is 11.8 Å². The Kier molecular flexibility index (Phi) is 7.89. The second kappa shape index (κ2) is 10.8. The number of amides is 2. The van der Waals surface area contributed by atoms with Crippen LogP contribution in [0.25, 0.3) is 0 Å². The number of hydrogen-bond acceptors (Lipinski definition) is 3. The number of benzene rings is 2. The molecule has 0 aliphatic carbocycles. The van der Waals surface area contributed by atoms with Crippen molar-refractivity contribution in [1.29, 1.82) is 0 Å². The molecule has 0 aromatic heterocycles. The van der Waals surface area contributed by atoms with E-state index in [0.717, 1.165) is 30.6 Å². The summed E-state index contributed by atoms with van der Waals surface area (Å²) in [5, 5.41) is 3.14. The van der Waals surface area contributed by atoms with Crippen LogP contribution in [0.15, 0.2) is 48.5 Å². The largest absolute Gasteiger partial charge is 0.494 e. The van der Waals surface area contributed by atoms with Gasteiger partial charge < -0.3 is 15.0 Å². The molecule has 1 saturated heterocycles. The number of likely N-dealkylation sites (tertiary alicyclic amines) is 1. The summed E-state index contributed by atoms with van der Waals surface area (Å²) in [5.74, 6) is 1.06. The van der Waals surface area contributed by atoms with E-state index in [9.17, 15) is 9.59 Å². The topological polar surface area (TPSA) is 58.6 Å². The molecule has 30 heavy (non-hydrogen) atoms. The van der Waals surface area contributed by atoms with Crippen LogP contribution < -0.4 is 10.1 Å². The summed E-state index contributed by atoms with van der Waals surface area (Å²) in [6.07, 6.45) is 3.28. The lowest BCUT2D eigenvalue weighted by molar-refractivity contribution is -0.131. The third-order valence-electron chi connectivity index (χ3n) is 5.56. The Labute approximate surface area is 179 Å². The van der Waals surface area contributed by atoms with Crippen LogP contribution in [0.2, 0.25) is 0 Å². The smallest absolute Gasteiger partial charge is 0.226 e. The fraction of sp³-hybridized carbons (Fsp3) is 0.440. The molecule has 0 radical (unpaired) electrons. The maximum Gasteiger partial charge on any atom is 0.226 e. The molecule has 1 aliphatic heterocycles. The van der Waals surface area contributed by atoms with Crippen LogP contribution in [-0.2, 0) is 22.4 Å². The minimum atomic E-state index is 0.0924. The second-order valence-electron chi connectivity index (χ2n) is 7.96. The normalized spacial score (nSPS) is 14.4. The van der Waals surface area contributed by atoms with E-state index < -0.39 is 0 Å². The van der Waals surface area contributed by atoms with Crippen molar-refractivity contribution in [3.8, 4) is 5.75 Å². The highest BCUT2D eigenvalue weighted by Crippen LogP contribution is 2.16. The number of piperidine rings is 1. The highest BCUT2D eigenvalue weighted by atomic mass is 16.5. The summed E-state index contributed by atoms with van der Waals surface area (Å²) in [7, 11) is 0. The average Bonchev–Trinajstić information content (AvgIpc) is 2.75. The Morgan fingerprint density at radius 3 is 2.27 bits per heavy atom. The first kappa shape index (κ1) is 21.9. The van der Waals surface area contributed by atoms with Gasteiger partial charge in [-0.15, -0.1) is 0 Å². The van der Waals surface area contributed by atoms with Gasteiger partial charge in [-0.25, -0.2) is 0 Å². The van der Waals surface area contributed by atoms with Gasteiger partial charge in [-0.1, -0.05) is 42.0 Å². The minimum absolute atomic E-state index is 0.0924. The van der Waals surface area contributed by atoms with Gasteiger partial charge in [-0.05, 0) is 56.4 Å². The monoisotopic (exact) mass is 408 g/mol. The van der Waals surface area contributed by atoms with E-state index in [1.165, 1.54) is 11.1 Å². The second-order valence-corrected chi connectivity index (χ2v) is 7.96. The van der Waals surface area contributed by atoms with Crippen LogP contribution in [0.3, 0.4) is 0 Å². The van der Waals surface area contributed by atoms with E-state index >= 15 is 0 Å². The van der Waals surface area contributed by atoms with Gasteiger partial charge in [0.05, 0.1) is 13.0 Å². The summed E-state index contributed by atoms with van der Waals surface area (Å²) in [4.78, 5) is 26.8. The molecule has 0 bridgehead atoms. The van der Waals surface area contributed by atoms with Crippen LogP contribution in [0.4, 0.5) is 0 Å². The molecule has 0 unspecified atom stereocenters. The van der Waals surface area contributed by atoms with Crippen molar-refractivity contribution < 1.29 is 14.3 Å². The predicted octanol–water partition coefficient (Wildman–Crippen LogP) is 3.68. The molecule has 1 aliphatic rings. The fourth-order valence-electron chi connectivity index (χ4n) is 3.74. The lowest BCUT2D eigenvalue weighted by atomic mass is 10.0. The molecule has 0 saturated carbocycles. The third-order valence-corrected chi connectivity index (χ3v) is 5.56. The molecule has 5 nitrogen and oxygen atoms in total. The highest BCUT2D eigenvalue weighted by Gasteiger charge is 2.23. The van der Waals surface area contributed by atoms with Crippen molar-refractivity contribution in [3.63, 3.8) is 0 Å². The number of ether oxygens (including phenoxy) is 1. The fourth-order valence-corrected chi connectivity index (χ4v) is 3.74. The predicted molar refractivity (Wildman–Crippen MR) is 119 cm³/mol. The summed E-state index contributed by atoms with van der Waals surface area (Å²) >= 11 is 0. The first-order valence-corrected chi connectivity index (χ1v) is 10.9. The van der Waals surface area contributed by atoms with Crippen LogP contribution in [-0.4, -0.2) is 42.5 Å². The maximum absolute atomic E-state index is 12.6. The quantitative estimate of drug-likeness (QED) is 0.725. The van der Waals surface area contributed by atoms with E-state index in [4.69, 9.17) is 4.74 Å². The van der Waals surface area contributed by atoms with Crippen LogP contribution in [0, 0.1) is 6.92 Å². The van der Waals surface area contributed by atoms with E-state index in [-0.39, 0.29) is 17.9 Å². The highest BCUT2D eigenvalue weighted by molar-refractivity contribution is 5.79. The van der Waals surface area contributed by atoms with Gasteiger partial charge in [0, 0.05) is 25.6 Å². The first-order chi connectivity index (χ1) is 14.5. The molecule has 1 N–H and O–H groups in total. The molecular formula is C25H32N2O3. The van der Waals surface area contributed by atoms with Gasteiger partial charge in [0.1, 0.15) is 5.75 Å². The molecule has 0 atom stereocenters. The number of hydrogen-bond donors (Lipinski definition) is 1. The minimum Gasteiger partial charge on any atom is -0.494 e. The molecule has 0 spiro atoms. The molecule has 2 aromatic carbocycles. The molecule has 1 heterocycles. The number of aryl methyl sites for hydroxylation is 2. The Balaban J connectivity index is 1.37. The number of rotatable bonds is 8. The Hall–Kier alpha value is -2.82. The lowest BCUT2D eigenvalue weighted by Gasteiger charge is -2.32. The molecule has 160 valence electrons. The molecule has 2 amide bonds. The zero-order chi connectivity index (χ0) is 21.3. The Bertz CT molecular complexity index is 822. The SMILES string of the molecule is CCOc1ccc(CC(=O)N2CCC(NC(=O)CCc3ccc(C)cc3)CC2)cc1. The first-order valence-electron chi connectivity index (χ1n) is 10.9. The van der Waals surface area contributed by atoms with Crippen molar-refractivity contribution in [2.24, 2.45) is 0 Å². The number of nitrogens with one attached hydrogen (secondary N) is 1. The van der Waals surface area contributed by atoms with Gasteiger partial charge in [0.15, 0.2) is 0 Å². The van der Waals surface area contributed by atoms with Crippen LogP contribution in [0.5, 0.6) is 5.75 Å². The molecule has 3 rings (SSSR count). The molecule has 5 heteroatoms. The Morgan fingerprint density at radius 1 is 1.00 bits per heavy atom. The van der Waals surface area contributed by atoms with Crippen molar-refractivity contribution in [3.05, 3.63) is 65.2 Å². The van der Waals surface area contributed by atoms with Crippen LogP contribution >= 0.6 is 0 Å². The van der Waals surface area contributed by atoms with E-state index in [0.29, 0.717) is 32.5 Å². The van der Waals surface area contributed by atoms with E-state index in [1.807, 2.05) is 36.1 Å². The van der Waals surface area contributed by atoms with E-state index in [2.05, 4.69) is 36.5 Å². The van der Waals surface area contributed by atoms with E-state index in [1.54, 1.807) is 0 Å². The zero-order valence-electron chi connectivity index (χ0n) is 18.0. The van der Waals surface area contributed by atoms with Crippen molar-refractivity contribution in [2.45, 2.75) is 52.0 Å². The van der Waals surface area contributed by atoms with Gasteiger partial charge in [-0.2, -0.15) is 0 Å². The standard InChI is InChI=1S/C25H32N2O3/c1-3-30-23-11-8-21(9-12-23)18-25(29)27-16-14-22(15-17-27)26-24(28)13-10-20-6-4-19(2)5-7-20/h4-9,11-12,22H,3,10,13-18H2,1-2H3,(H,26,28). The van der Waals surface area contributed by atoms with Crippen molar-refractivity contribution in [1.82, 2.24) is 10.2 Å². The summed E-state index contributed by atoms with van der Waals surface area (Å²) in [6.45, 7) is 6.03. The third kappa shape index (κ3) is 6.61. The van der Waals surface area contributed by atoms with Crippen molar-refractivity contribution in [2.75, 3.05) is 19.7 Å². The summed E-state index contributed by atoms with van der Waals surface area (Å²) in [6, 6.07) is 16.2. The summed E-state index contributed by atoms with van der Waals surface area (Å²) < 4.78 is 5.44. The number of carbonyl (C=O) groups excluding carboxylic acids is 2. The zero-order valence-corrected chi connectivity index (χ0v) is 18.0. The van der Waals surface area contributed by atoms with Gasteiger partial charge in [-0.3, -0.25) is 9.59 Å². The number of nitrogens with zero attached hydrogens (tertiary/aromatic N) is 1.